The van der Waals surface area contributed by atoms with Crippen LogP contribution in [0.25, 0.3) is 0 Å². The van der Waals surface area contributed by atoms with Crippen LogP contribution in [0, 0.1) is 10.1 Å². The molecule has 45 heavy (non-hydrogen) atoms. The Morgan fingerprint density at radius 2 is 1.60 bits per heavy atom. The molecule has 13 nitrogen and oxygen atoms in total. The molecule has 0 saturated heterocycles. The van der Waals surface area contributed by atoms with Crippen molar-refractivity contribution in [1.82, 2.24) is 14.1 Å². The maximum absolute atomic E-state index is 13.9. The fraction of sp³-hybridized carbons (Fsp3) is 0.393. The number of esters is 1. The second-order valence-electron chi connectivity index (χ2n) is 9.88. The van der Waals surface area contributed by atoms with Gasteiger partial charge in [0, 0.05) is 45.3 Å². The molecule has 0 fully saturated rings. The Balaban J connectivity index is 2.15. The van der Waals surface area contributed by atoms with Crippen LogP contribution < -0.4 is 0 Å². The molecule has 2 bridgehead atoms. The lowest BCUT2D eigenvalue weighted by molar-refractivity contribution is -0.387. The Morgan fingerprint density at radius 1 is 1.00 bits per heavy atom. The highest BCUT2D eigenvalue weighted by atomic mass is 32.2. The molecule has 17 heteroatoms. The van der Waals surface area contributed by atoms with Gasteiger partial charge in [-0.15, -0.1) is 0 Å². The van der Waals surface area contributed by atoms with Crippen molar-refractivity contribution in [2.24, 2.45) is 0 Å². The van der Waals surface area contributed by atoms with Gasteiger partial charge in [0.25, 0.3) is 5.69 Å². The van der Waals surface area contributed by atoms with Gasteiger partial charge in [-0.1, -0.05) is 30.9 Å². The van der Waals surface area contributed by atoms with Crippen molar-refractivity contribution in [3.63, 3.8) is 0 Å². The van der Waals surface area contributed by atoms with Crippen molar-refractivity contribution >= 4 is 33.7 Å². The molecule has 0 spiro atoms. The largest absolute Gasteiger partial charge is 0.471 e. The molecule has 0 N–H and O–H groups in total. The molecule has 0 atom stereocenters. The van der Waals surface area contributed by atoms with Crippen molar-refractivity contribution in [3.8, 4) is 0 Å². The Hall–Kier alpha value is -4.51. The van der Waals surface area contributed by atoms with Crippen LogP contribution in [-0.4, -0.2) is 91.5 Å². The SMILES string of the molecule is C=CCOC(=O)N1CCCN(C(=O)C(F)(F)F)Cc2cc(cc(C(=O)OC)c2)CN(S(=O)(=O)c2ccccc2[N+](=O)[O-])CCC1. The number of amides is 2. The van der Waals surface area contributed by atoms with Gasteiger partial charge >= 0.3 is 24.1 Å². The number of carbonyl (C=O) groups excluding carboxylic acids is 3. The number of alkyl halides is 3. The number of rotatable bonds is 6. The number of carbonyl (C=O) groups is 3. The summed E-state index contributed by atoms with van der Waals surface area (Å²) >= 11 is 0. The Labute approximate surface area is 257 Å². The Kier molecular flexibility index (Phi) is 11.6. The third-order valence-electron chi connectivity index (χ3n) is 6.69. The Bertz CT molecular complexity index is 1550. The smallest absolute Gasteiger partial charge is 0.465 e. The van der Waals surface area contributed by atoms with Gasteiger partial charge in [0.1, 0.15) is 6.61 Å². The van der Waals surface area contributed by atoms with E-state index in [-0.39, 0.29) is 55.8 Å². The molecule has 2 aromatic carbocycles. The lowest BCUT2D eigenvalue weighted by Gasteiger charge is -2.29. The first-order valence-electron chi connectivity index (χ1n) is 13.5. The van der Waals surface area contributed by atoms with Gasteiger partial charge in [-0.25, -0.2) is 18.0 Å². The molecule has 2 aromatic rings. The van der Waals surface area contributed by atoms with Crippen molar-refractivity contribution in [3.05, 3.63) is 81.9 Å². The van der Waals surface area contributed by atoms with E-state index in [9.17, 15) is 46.1 Å². The van der Waals surface area contributed by atoms with Crippen LogP contribution in [0.3, 0.4) is 0 Å². The number of hydrogen-bond donors (Lipinski definition) is 0. The number of halogens is 3. The number of nitro groups is 1. The quantitative estimate of drug-likeness (QED) is 0.195. The molecule has 3 rings (SSSR count). The van der Waals surface area contributed by atoms with Crippen molar-refractivity contribution < 1.29 is 50.4 Å². The molecular weight excluding hydrogens is 625 g/mol. The summed E-state index contributed by atoms with van der Waals surface area (Å²) in [5.74, 6) is -3.02. The number of para-hydroxylation sites is 1. The third-order valence-corrected chi connectivity index (χ3v) is 8.58. The highest BCUT2D eigenvalue weighted by Crippen LogP contribution is 2.29. The van der Waals surface area contributed by atoms with E-state index >= 15 is 0 Å². The number of ether oxygens (including phenoxy) is 2. The van der Waals surface area contributed by atoms with E-state index in [1.54, 1.807) is 0 Å². The summed E-state index contributed by atoms with van der Waals surface area (Å²) in [5.41, 5.74) is -0.603. The summed E-state index contributed by atoms with van der Waals surface area (Å²) in [6.45, 7) is 1.27. The van der Waals surface area contributed by atoms with Gasteiger partial charge < -0.3 is 19.3 Å². The summed E-state index contributed by atoms with van der Waals surface area (Å²) in [6.07, 6.45) is -4.88. The number of hydrogen-bond acceptors (Lipinski definition) is 9. The van der Waals surface area contributed by atoms with E-state index < -0.39 is 69.3 Å². The molecule has 0 saturated carbocycles. The molecular formula is C28H31F3N4O9S. The normalized spacial score (nSPS) is 15.5. The molecule has 244 valence electrons. The van der Waals surface area contributed by atoms with E-state index in [1.165, 1.54) is 36.4 Å². The van der Waals surface area contributed by atoms with E-state index in [0.717, 1.165) is 28.4 Å². The maximum atomic E-state index is 13.9. The average Bonchev–Trinajstić information content (AvgIpc) is 2.99. The first kappa shape index (κ1) is 35.0. The Morgan fingerprint density at radius 3 is 2.20 bits per heavy atom. The fourth-order valence-corrected chi connectivity index (χ4v) is 6.32. The van der Waals surface area contributed by atoms with Gasteiger partial charge in [-0.05, 0) is 42.2 Å². The average molecular weight is 657 g/mol. The maximum Gasteiger partial charge on any atom is 0.471 e. The highest BCUT2D eigenvalue weighted by molar-refractivity contribution is 7.89. The van der Waals surface area contributed by atoms with Crippen LogP contribution in [0.5, 0.6) is 0 Å². The molecule has 1 aliphatic rings. The van der Waals surface area contributed by atoms with E-state index in [1.807, 2.05) is 0 Å². The highest BCUT2D eigenvalue weighted by Gasteiger charge is 2.42. The van der Waals surface area contributed by atoms with Crippen LogP contribution in [0.15, 0.2) is 60.0 Å². The van der Waals surface area contributed by atoms with Crippen LogP contribution in [0.4, 0.5) is 23.7 Å². The van der Waals surface area contributed by atoms with Gasteiger partial charge in [-0.3, -0.25) is 14.9 Å². The van der Waals surface area contributed by atoms with Crippen LogP contribution in [-0.2, 0) is 37.4 Å². The molecule has 0 aliphatic carbocycles. The fourth-order valence-electron chi connectivity index (χ4n) is 4.69. The monoisotopic (exact) mass is 656 g/mol. The summed E-state index contributed by atoms with van der Waals surface area (Å²) < 4.78 is 79.1. The zero-order chi connectivity index (χ0) is 33.4. The van der Waals surface area contributed by atoms with Crippen molar-refractivity contribution in [2.75, 3.05) is 39.9 Å². The standard InChI is InChI=1S/C28H31F3N4O9S/c1-3-14-44-27(38)32-10-6-12-33(26(37)28(29,30)31)18-20-15-21(17-22(16-20)25(36)43-2)19-34(13-7-11-32)45(41,42)24-9-5-4-8-23(24)35(39)40/h3-5,8-9,15-17H,1,6-7,10-14,18-19H2,2H3. The van der Waals surface area contributed by atoms with Crippen LogP contribution in [0.2, 0.25) is 0 Å². The lowest BCUT2D eigenvalue weighted by atomic mass is 10.0. The van der Waals surface area contributed by atoms with E-state index in [4.69, 9.17) is 9.47 Å². The van der Waals surface area contributed by atoms with Gasteiger partial charge in [0.2, 0.25) is 10.0 Å². The number of nitrogens with zero attached hydrogens (tertiary/aromatic N) is 4. The minimum Gasteiger partial charge on any atom is -0.465 e. The van der Waals surface area contributed by atoms with Gasteiger partial charge in [0.05, 0.1) is 17.6 Å². The zero-order valence-electron chi connectivity index (χ0n) is 24.2. The summed E-state index contributed by atoms with van der Waals surface area (Å²) in [4.78, 5) is 49.4. The zero-order valence-corrected chi connectivity index (χ0v) is 25.0. The molecule has 0 unspecified atom stereocenters. The molecule has 2 amide bonds. The minimum absolute atomic E-state index is 0.0161. The minimum atomic E-state index is -5.23. The molecule has 0 radical (unpaired) electrons. The second-order valence-corrected chi connectivity index (χ2v) is 11.8. The summed E-state index contributed by atoms with van der Waals surface area (Å²) in [6, 6.07) is 8.53. The number of benzene rings is 2. The van der Waals surface area contributed by atoms with Crippen LogP contribution >= 0.6 is 0 Å². The number of sulfonamides is 1. The first-order chi connectivity index (χ1) is 21.2. The second kappa shape index (κ2) is 15.0. The first-order valence-corrected chi connectivity index (χ1v) is 15.0. The number of methoxy groups -OCH3 is 1. The van der Waals surface area contributed by atoms with Crippen LogP contribution in [0.1, 0.15) is 34.3 Å². The van der Waals surface area contributed by atoms with E-state index in [2.05, 4.69) is 6.58 Å². The topological polar surface area (TPSA) is 157 Å². The molecule has 1 heterocycles. The molecule has 1 aliphatic heterocycles. The molecule has 0 aromatic heterocycles. The number of fused-ring (bicyclic) bond motifs is 2. The predicted octanol–water partition coefficient (Wildman–Crippen LogP) is 3.88. The van der Waals surface area contributed by atoms with Crippen molar-refractivity contribution in [1.29, 1.82) is 0 Å². The third kappa shape index (κ3) is 9.01. The van der Waals surface area contributed by atoms with E-state index in [0.29, 0.717) is 4.90 Å². The lowest BCUT2D eigenvalue weighted by Crippen LogP contribution is -2.43. The van der Waals surface area contributed by atoms with Crippen molar-refractivity contribution in [2.45, 2.75) is 37.0 Å². The van der Waals surface area contributed by atoms with Gasteiger partial charge in [0.15, 0.2) is 4.90 Å². The summed E-state index contributed by atoms with van der Waals surface area (Å²) in [7, 11) is -3.51. The number of nitro benzene ring substituents is 1. The summed E-state index contributed by atoms with van der Waals surface area (Å²) in [5, 5.41) is 11.7. The van der Waals surface area contributed by atoms with Gasteiger partial charge in [-0.2, -0.15) is 17.5 Å². The predicted molar refractivity (Wildman–Crippen MR) is 152 cm³/mol.